The van der Waals surface area contributed by atoms with Gasteiger partial charge in [-0.1, -0.05) is 18.2 Å². The van der Waals surface area contributed by atoms with Crippen molar-refractivity contribution in [2.75, 3.05) is 9.36 Å². The van der Waals surface area contributed by atoms with Crippen molar-refractivity contribution < 1.29 is 44.7 Å². The van der Waals surface area contributed by atoms with Crippen molar-refractivity contribution in [3.8, 4) is 11.5 Å². The standard InChI is InChI=1S/C28H34IN4O5/c1-18(2)23(17-24-32-33-27(38-24)21-13-9-6-10-14-21)37-28(36)31-22(15-16-29-4)25(34)26(35)30-19(3)20-11-7-5-8-12-20/h5-14,18-19,22-23H,15-17H2,1-4H3,(H,30,35)(H,31,36)/q-1/t19-,22+,23+/m1/s1. The third kappa shape index (κ3) is 8.64. The van der Waals surface area contributed by atoms with Gasteiger partial charge in [-0.3, -0.25) is 0 Å². The molecular formula is C28H34IN4O5-. The average molecular weight is 634 g/mol. The summed E-state index contributed by atoms with van der Waals surface area (Å²) in [6, 6.07) is 17.5. The van der Waals surface area contributed by atoms with Crippen LogP contribution in [0.5, 0.6) is 0 Å². The van der Waals surface area contributed by atoms with Crippen LogP contribution in [-0.2, 0) is 20.7 Å². The Kier molecular flexibility index (Phi) is 11.3. The van der Waals surface area contributed by atoms with Crippen molar-refractivity contribution in [1.82, 2.24) is 20.8 Å². The predicted molar refractivity (Wildman–Crippen MR) is 139 cm³/mol. The maximum absolute atomic E-state index is 13.0. The van der Waals surface area contributed by atoms with E-state index in [4.69, 9.17) is 9.15 Å². The number of amides is 2. The molecule has 1 heterocycles. The summed E-state index contributed by atoms with van der Waals surface area (Å²) in [5.74, 6) is -0.753. The zero-order valence-electron chi connectivity index (χ0n) is 22.0. The van der Waals surface area contributed by atoms with E-state index in [0.717, 1.165) is 15.6 Å². The molecule has 0 bridgehead atoms. The molecule has 2 N–H and O–H groups in total. The van der Waals surface area contributed by atoms with Gasteiger partial charge >= 0.3 is 204 Å². The van der Waals surface area contributed by atoms with Crippen molar-refractivity contribution in [3.63, 3.8) is 0 Å². The second kappa shape index (κ2) is 14.6. The van der Waals surface area contributed by atoms with Crippen molar-refractivity contribution in [2.45, 2.75) is 51.8 Å². The van der Waals surface area contributed by atoms with Gasteiger partial charge < -0.3 is 0 Å². The third-order valence-electron chi connectivity index (χ3n) is 5.93. The predicted octanol–water partition coefficient (Wildman–Crippen LogP) is 0.954. The van der Waals surface area contributed by atoms with E-state index in [1.54, 1.807) is 0 Å². The fourth-order valence-corrected chi connectivity index (χ4v) is 4.92. The monoisotopic (exact) mass is 633 g/mol. The van der Waals surface area contributed by atoms with Gasteiger partial charge in [0.2, 0.25) is 0 Å². The summed E-state index contributed by atoms with van der Waals surface area (Å²) < 4.78 is 12.2. The van der Waals surface area contributed by atoms with Gasteiger partial charge in [0, 0.05) is 0 Å². The van der Waals surface area contributed by atoms with Crippen LogP contribution in [0.25, 0.3) is 11.5 Å². The van der Waals surface area contributed by atoms with Crippen LogP contribution in [0.4, 0.5) is 4.79 Å². The second-order valence-electron chi connectivity index (χ2n) is 9.17. The molecule has 0 saturated carbocycles. The first kappa shape index (κ1) is 29.3. The van der Waals surface area contributed by atoms with E-state index >= 15 is 0 Å². The molecule has 204 valence electrons. The molecule has 3 aromatic rings. The summed E-state index contributed by atoms with van der Waals surface area (Å²) >= 11 is -0.134. The van der Waals surface area contributed by atoms with Crippen LogP contribution in [0.1, 0.15) is 44.7 Å². The fraction of sp³-hybridized carbons (Fsp3) is 0.393. The first-order valence-electron chi connectivity index (χ1n) is 12.5. The number of alkyl halides is 2. The van der Waals surface area contributed by atoms with Crippen LogP contribution in [0.2, 0.25) is 0 Å². The molecule has 3 atom stereocenters. The number of ether oxygens (including phenoxy) is 1. The Morgan fingerprint density at radius 3 is 2.24 bits per heavy atom. The summed E-state index contributed by atoms with van der Waals surface area (Å²) in [5, 5.41) is 13.5. The van der Waals surface area contributed by atoms with Crippen molar-refractivity contribution in [1.29, 1.82) is 0 Å². The number of halogens is 1. The SMILES string of the molecule is C[I-]CC[C@H](NC(=O)O[C@@H](Cc1nnc(-c2ccccc2)o1)C(C)C)C(=O)C(=O)N[C@H](C)c1ccccc1. The molecule has 1 aromatic heterocycles. The minimum absolute atomic E-state index is 0.0569. The van der Waals surface area contributed by atoms with Crippen LogP contribution >= 0.6 is 0 Å². The van der Waals surface area contributed by atoms with Crippen LogP contribution in [-0.4, -0.2) is 49.5 Å². The molecule has 10 heteroatoms. The Balaban J connectivity index is 1.62. The van der Waals surface area contributed by atoms with Gasteiger partial charge in [0.15, 0.2) is 0 Å². The summed E-state index contributed by atoms with van der Waals surface area (Å²) in [6.07, 6.45) is -0.733. The second-order valence-corrected chi connectivity index (χ2v) is 11.8. The summed E-state index contributed by atoms with van der Waals surface area (Å²) in [4.78, 5) is 40.7. The zero-order valence-corrected chi connectivity index (χ0v) is 24.2. The summed E-state index contributed by atoms with van der Waals surface area (Å²) in [7, 11) is 0. The van der Waals surface area contributed by atoms with Crippen LogP contribution < -0.4 is 31.8 Å². The molecule has 9 nitrogen and oxygen atoms in total. The van der Waals surface area contributed by atoms with Crippen molar-refractivity contribution >= 4 is 17.8 Å². The van der Waals surface area contributed by atoms with Crippen LogP contribution in [0.15, 0.2) is 65.1 Å². The Morgan fingerprint density at radius 2 is 1.61 bits per heavy atom. The number of nitrogens with one attached hydrogen (secondary N) is 2. The van der Waals surface area contributed by atoms with E-state index in [1.165, 1.54) is 0 Å². The molecule has 0 aliphatic heterocycles. The average Bonchev–Trinajstić information content (AvgIpc) is 3.39. The molecule has 0 saturated heterocycles. The van der Waals surface area contributed by atoms with Gasteiger partial charge in [-0.2, -0.15) is 0 Å². The van der Waals surface area contributed by atoms with E-state index in [2.05, 4.69) is 25.8 Å². The molecule has 2 aromatic carbocycles. The Morgan fingerprint density at radius 1 is 0.947 bits per heavy atom. The van der Waals surface area contributed by atoms with Gasteiger partial charge in [-0.25, -0.2) is 0 Å². The molecular weight excluding hydrogens is 599 g/mol. The Labute approximate surface area is 233 Å². The van der Waals surface area contributed by atoms with Gasteiger partial charge in [-0.15, -0.1) is 0 Å². The first-order chi connectivity index (χ1) is 18.3. The quantitative estimate of drug-likeness (QED) is 0.163. The van der Waals surface area contributed by atoms with Crippen LogP contribution in [0, 0.1) is 5.92 Å². The van der Waals surface area contributed by atoms with E-state index < -0.39 is 29.9 Å². The molecule has 0 aliphatic rings. The third-order valence-corrected chi connectivity index (χ3v) is 7.63. The number of rotatable bonds is 13. The number of ketones is 1. The topological polar surface area (TPSA) is 123 Å². The number of Topliss-reactive ketones (excluding diaryl/α,β-unsaturated/α-hetero) is 1. The molecule has 0 fully saturated rings. The van der Waals surface area contributed by atoms with Gasteiger partial charge in [0.25, 0.3) is 0 Å². The van der Waals surface area contributed by atoms with Gasteiger partial charge in [0.1, 0.15) is 0 Å². The van der Waals surface area contributed by atoms with E-state index in [1.807, 2.05) is 81.4 Å². The molecule has 38 heavy (non-hydrogen) atoms. The first-order valence-corrected chi connectivity index (χ1v) is 16.1. The summed E-state index contributed by atoms with van der Waals surface area (Å²) in [5.41, 5.74) is 1.68. The molecule has 0 unspecified atom stereocenters. The summed E-state index contributed by atoms with van der Waals surface area (Å²) in [6.45, 7) is 5.63. The van der Waals surface area contributed by atoms with E-state index in [9.17, 15) is 14.4 Å². The van der Waals surface area contributed by atoms with E-state index in [0.29, 0.717) is 18.2 Å². The minimum atomic E-state index is -0.967. The Bertz CT molecular complexity index is 1190. The number of aromatic nitrogens is 2. The number of alkyl carbamates (subject to hydrolysis) is 1. The van der Waals surface area contributed by atoms with Gasteiger partial charge in [-0.05, 0) is 12.1 Å². The zero-order chi connectivity index (χ0) is 27.5. The number of hydrogen-bond acceptors (Lipinski definition) is 7. The maximum atomic E-state index is 13.0. The molecule has 0 aliphatic carbocycles. The van der Waals surface area contributed by atoms with E-state index in [-0.39, 0.29) is 39.6 Å². The molecule has 0 radical (unpaired) electrons. The molecule has 3 rings (SSSR count). The van der Waals surface area contributed by atoms with Gasteiger partial charge in [0.05, 0.1) is 0 Å². The fourth-order valence-electron chi connectivity index (χ4n) is 3.67. The number of carbonyl (C=O) groups excluding carboxylic acids is 3. The Hall–Kier alpha value is -3.28. The normalized spacial score (nSPS) is 13.5. The van der Waals surface area contributed by atoms with Crippen molar-refractivity contribution in [2.24, 2.45) is 5.92 Å². The molecule has 0 spiro atoms. The van der Waals surface area contributed by atoms with Crippen molar-refractivity contribution in [3.05, 3.63) is 72.1 Å². The number of carbonyl (C=O) groups is 3. The number of hydrogen-bond donors (Lipinski definition) is 2. The number of nitrogens with zero attached hydrogens (tertiary/aromatic N) is 2. The number of benzene rings is 2. The molecule has 2 amide bonds. The van der Waals surface area contributed by atoms with Crippen LogP contribution in [0.3, 0.4) is 0 Å².